The zero-order valence-electron chi connectivity index (χ0n) is 49.6. The molecule has 2 atom stereocenters. The molecule has 3 saturated heterocycles. The Morgan fingerprint density at radius 2 is 1.09 bits per heavy atom. The van der Waals surface area contributed by atoms with Gasteiger partial charge in [-0.1, -0.05) is 68.9 Å². The van der Waals surface area contributed by atoms with Crippen LogP contribution in [0.1, 0.15) is 42.7 Å². The first-order valence-electron chi connectivity index (χ1n) is 29.5. The molecule has 3 aromatic carbocycles. The zero-order valence-corrected chi connectivity index (χ0v) is 53.4. The van der Waals surface area contributed by atoms with E-state index in [1.165, 1.54) is 46.0 Å². The highest BCUT2D eigenvalue weighted by Gasteiger charge is 2.26. The summed E-state index contributed by atoms with van der Waals surface area (Å²) in [5.41, 5.74) is 9.93. The number of aliphatic hydroxyl groups excluding tert-OH is 2. The highest BCUT2D eigenvalue weighted by Crippen LogP contribution is 2.35. The molecule has 29 heteroatoms. The number of nitrogens with zero attached hydrogens (tertiary/aromatic N) is 16. The van der Waals surface area contributed by atoms with Crippen molar-refractivity contribution in [3.63, 3.8) is 0 Å². The van der Waals surface area contributed by atoms with Crippen molar-refractivity contribution < 1.29 is 33.1 Å². The second-order valence-electron chi connectivity index (χ2n) is 21.7. The Balaban J connectivity index is 0.000000140. The Labute approximate surface area is 547 Å². The lowest BCUT2D eigenvalue weighted by atomic mass is 10.1. The number of piperazine rings is 3. The molecule has 10 aromatic rings. The molecule has 3 fully saturated rings. The van der Waals surface area contributed by atoms with E-state index in [0.29, 0.717) is 79.5 Å². The van der Waals surface area contributed by atoms with E-state index in [4.69, 9.17) is 82.9 Å². The van der Waals surface area contributed by atoms with E-state index in [1.807, 2.05) is 47.5 Å². The van der Waals surface area contributed by atoms with Crippen LogP contribution in [0, 0.1) is 17.5 Å². The number of nitrogens with one attached hydrogen (secondary N) is 1. The Bertz CT molecular complexity index is 3930. The molecule has 3 N–H and O–H groups in total. The van der Waals surface area contributed by atoms with Gasteiger partial charge in [0.1, 0.15) is 45.9 Å². The molecule has 7 aromatic heterocycles. The van der Waals surface area contributed by atoms with Crippen molar-refractivity contribution in [3.05, 3.63) is 181 Å². The first kappa shape index (κ1) is 64.9. The summed E-state index contributed by atoms with van der Waals surface area (Å²) in [6.07, 6.45) is 11.1. The van der Waals surface area contributed by atoms with Crippen LogP contribution in [0.5, 0.6) is 0 Å². The summed E-state index contributed by atoms with van der Waals surface area (Å²) in [7, 11) is 0. The van der Waals surface area contributed by atoms with Crippen molar-refractivity contribution in [3.8, 4) is 0 Å². The zero-order chi connectivity index (χ0) is 63.7. The molecule has 0 saturated carbocycles. The summed E-state index contributed by atoms with van der Waals surface area (Å²) in [6, 6.07) is 21.6. The number of pyridine rings is 2. The molecule has 0 bridgehead atoms. The molecule has 0 spiro atoms. The molecule has 478 valence electrons. The van der Waals surface area contributed by atoms with Gasteiger partial charge in [0.2, 0.25) is 5.65 Å². The minimum atomic E-state index is -0.670. The summed E-state index contributed by atoms with van der Waals surface area (Å²) in [6.45, 7) is 15.7. The van der Waals surface area contributed by atoms with Gasteiger partial charge < -0.3 is 44.9 Å². The van der Waals surface area contributed by atoms with Crippen LogP contribution in [0.3, 0.4) is 0 Å². The molecular formula is C62H65Cl5F3N17O4. The Hall–Kier alpha value is -7.65. The molecule has 3 aliphatic rings. The first-order valence-corrected chi connectivity index (χ1v) is 31.4. The molecular weight excluding hydrogens is 1280 g/mol. The van der Waals surface area contributed by atoms with Crippen molar-refractivity contribution in [2.45, 2.75) is 32.6 Å². The maximum Gasteiger partial charge on any atom is 0.219 e. The lowest BCUT2D eigenvalue weighted by molar-refractivity contribution is 0.0316. The number of halogens is 8. The number of aromatic nitrogens is 10. The first-order chi connectivity index (χ1) is 44.1. The second-order valence-corrected chi connectivity index (χ2v) is 23.6. The van der Waals surface area contributed by atoms with Gasteiger partial charge in [-0.2, -0.15) is 4.73 Å². The van der Waals surface area contributed by atoms with Crippen LogP contribution < -0.4 is 34.7 Å². The maximum atomic E-state index is 13.9. The Morgan fingerprint density at radius 1 is 0.538 bits per heavy atom. The number of hydrogen-bond donors (Lipinski definition) is 3. The summed E-state index contributed by atoms with van der Waals surface area (Å²) in [5, 5.41) is 23.4. The fourth-order valence-corrected chi connectivity index (χ4v) is 12.5. The van der Waals surface area contributed by atoms with E-state index >= 15 is 0 Å². The number of β-amino-alcohol motifs (C(OH)–C–C–N with tert-alkyl or cyclic N) is 2. The van der Waals surface area contributed by atoms with Crippen LogP contribution >= 0.6 is 58.0 Å². The van der Waals surface area contributed by atoms with Crippen molar-refractivity contribution in [1.82, 2.24) is 59.1 Å². The maximum absolute atomic E-state index is 13.9. The standard InChI is InChI=1S/C23H22ClFN6.C20H22Cl2FN5O2.C19H21Cl2FN6O2/c24-20-5-4-18(25)13-17(20)15-28-31-8-6-21-22(31)14-19(16-27-21)29-9-11-30(12-10-29)23-3-1-2-7-26-23;1-13(18-14(21)2-3-15(23)19(18)22)30-28-5-4-16-20(28)25-17(12-24-16)27-8-6-26(7-9-27)10-11-29;1-12(17-13(20)2-3-14(22)18(17)21)30-28-19-15(10-24-28)23-11-16(25-19)27-6-4-26(5-7-27)8-9-29/h1-8,13-14,16,28H,9-12,15H2;2-5,12-13,29H,6-11H2,1H3;2-3,10-12,29H,4-9H2,1H3. The van der Waals surface area contributed by atoms with Crippen molar-refractivity contribution >= 4 is 115 Å². The SMILES string of the molecule is CC(On1ccc2ncc(N3CCN(CCO)CC3)nc21)c1c(Cl)ccc(F)c1Cl.CC(On1ncc2ncc(N3CCN(CCO)CC3)nc21)c1c(Cl)ccc(F)c1Cl.Fc1ccc(Cl)c(CNn2ccc3ncc(N4CCN(c5ccccn5)CC4)cc32)c1. The third-order valence-electron chi connectivity index (χ3n) is 15.9. The predicted octanol–water partition coefficient (Wildman–Crippen LogP) is 10.1. The van der Waals surface area contributed by atoms with Crippen LogP contribution in [0.25, 0.3) is 33.4 Å². The van der Waals surface area contributed by atoms with Crippen LogP contribution in [0.2, 0.25) is 25.1 Å². The third-order valence-corrected chi connectivity index (χ3v) is 17.7. The molecule has 13 rings (SSSR count). The van der Waals surface area contributed by atoms with Gasteiger partial charge in [-0.05, 0) is 92.2 Å². The highest BCUT2D eigenvalue weighted by molar-refractivity contribution is 6.36. The quantitative estimate of drug-likeness (QED) is 0.0728. The van der Waals surface area contributed by atoms with E-state index in [9.17, 15) is 13.2 Å². The second kappa shape index (κ2) is 29.7. The van der Waals surface area contributed by atoms with E-state index < -0.39 is 23.8 Å². The van der Waals surface area contributed by atoms with Gasteiger partial charge in [-0.3, -0.25) is 19.5 Å². The third kappa shape index (κ3) is 15.3. The monoisotopic (exact) mass is 1340 g/mol. The number of rotatable bonds is 17. The average molecular weight is 1350 g/mol. The molecule has 0 amide bonds. The van der Waals surface area contributed by atoms with E-state index in [0.717, 1.165) is 107 Å². The predicted molar refractivity (Wildman–Crippen MR) is 350 cm³/mol. The molecule has 0 radical (unpaired) electrons. The van der Waals surface area contributed by atoms with Crippen molar-refractivity contribution in [2.24, 2.45) is 0 Å². The number of aliphatic hydroxyl groups is 2. The summed E-state index contributed by atoms with van der Waals surface area (Å²) >= 11 is 30.8. The number of hydrogen-bond acceptors (Lipinski definition) is 18. The molecule has 3 aliphatic heterocycles. The number of anilines is 4. The topological polar surface area (TPSA) is 195 Å². The highest BCUT2D eigenvalue weighted by atomic mass is 35.5. The Kier molecular flexibility index (Phi) is 21.2. The molecule has 21 nitrogen and oxygen atoms in total. The molecule has 0 aliphatic carbocycles. The van der Waals surface area contributed by atoms with Crippen LogP contribution in [0.15, 0.2) is 122 Å². The van der Waals surface area contributed by atoms with Gasteiger partial charge in [-0.15, -0.1) is 5.10 Å². The normalized spacial score (nSPS) is 15.6. The minimum absolute atomic E-state index is 0.0565. The van der Waals surface area contributed by atoms with Gasteiger partial charge in [0.05, 0.1) is 71.3 Å². The van der Waals surface area contributed by atoms with Gasteiger partial charge in [0.25, 0.3) is 0 Å². The average Bonchev–Trinajstić information content (AvgIpc) is 2.24. The summed E-state index contributed by atoms with van der Waals surface area (Å²) < 4.78 is 44.7. The fourth-order valence-electron chi connectivity index (χ4n) is 10.9. The van der Waals surface area contributed by atoms with E-state index in [2.05, 4.69) is 70.9 Å². The van der Waals surface area contributed by atoms with E-state index in [1.54, 1.807) is 50.8 Å². The molecule has 91 heavy (non-hydrogen) atoms. The van der Waals surface area contributed by atoms with Crippen molar-refractivity contribution in [2.75, 3.05) is 130 Å². The number of benzene rings is 3. The largest absolute Gasteiger partial charge is 0.404 e. The van der Waals surface area contributed by atoms with Crippen molar-refractivity contribution in [1.29, 1.82) is 0 Å². The smallest absolute Gasteiger partial charge is 0.219 e. The van der Waals surface area contributed by atoms with Gasteiger partial charge in [0.15, 0.2) is 17.9 Å². The summed E-state index contributed by atoms with van der Waals surface area (Å²) in [4.78, 5) is 53.9. The van der Waals surface area contributed by atoms with E-state index in [-0.39, 0.29) is 29.1 Å². The van der Waals surface area contributed by atoms with Crippen LogP contribution in [0.4, 0.5) is 36.3 Å². The minimum Gasteiger partial charge on any atom is -0.404 e. The lowest BCUT2D eigenvalue weighted by Gasteiger charge is -2.36. The lowest BCUT2D eigenvalue weighted by Crippen LogP contribution is -2.47. The van der Waals surface area contributed by atoms with Gasteiger partial charge in [-0.25, -0.2) is 38.1 Å². The molecule has 2 unspecified atom stereocenters. The van der Waals surface area contributed by atoms with Crippen LogP contribution in [-0.2, 0) is 6.54 Å². The molecule has 10 heterocycles. The van der Waals surface area contributed by atoms with Gasteiger partial charge in [0, 0.05) is 136 Å². The fraction of sp³-hybridized carbons (Fsp3) is 0.339. The van der Waals surface area contributed by atoms with Crippen LogP contribution in [-0.4, -0.2) is 174 Å². The Morgan fingerprint density at radius 3 is 1.70 bits per heavy atom. The number of fused-ring (bicyclic) bond motifs is 3. The van der Waals surface area contributed by atoms with Gasteiger partial charge >= 0.3 is 0 Å². The summed E-state index contributed by atoms with van der Waals surface area (Å²) in [5.74, 6) is 1.07.